The first-order valence-corrected chi connectivity index (χ1v) is 23.4. The number of hydrogen-bond acceptors (Lipinski definition) is 1. The Morgan fingerprint density at radius 1 is 0.485 bits per heavy atom. The number of allylic oxidation sites excluding steroid dienone is 6. The summed E-state index contributed by atoms with van der Waals surface area (Å²) in [6.45, 7) is 12.9. The highest BCUT2D eigenvalue weighted by molar-refractivity contribution is 7.26. The maximum absolute atomic E-state index is 3.55. The van der Waals surface area contributed by atoms with Gasteiger partial charge < -0.3 is 9.13 Å². The zero-order valence-corrected chi connectivity index (χ0v) is 38.4. The van der Waals surface area contributed by atoms with Gasteiger partial charge in [-0.15, -0.1) is 17.9 Å². The lowest BCUT2D eigenvalue weighted by atomic mass is 9.95. The lowest BCUT2D eigenvalue weighted by molar-refractivity contribution is 1.19. The van der Waals surface area contributed by atoms with Crippen molar-refractivity contribution in [2.75, 3.05) is 0 Å². The van der Waals surface area contributed by atoms with Crippen LogP contribution in [0.5, 0.6) is 0 Å². The second-order valence-corrected chi connectivity index (χ2v) is 17.6. The standard InChI is InChI=1S/C52H32N2S.C8H12.C3H6/c1-2-12-33(13-3-1)35-22-26-38(27-23-35)54-47-20-10-7-18-42(47)50-43(32-45-41-17-8-11-21-49(41)55-52(45)51(50)54)37-25-29-48-44(31-37)40-16-6-9-19-46(40)53(48)39-28-24-34-14-4-5-15-36(34)30-39;1-4-6-7-8(3)5-2;1-3-2/h1-32H;4-7H,1H2,2-3H3;3H,1H2,2H3/b;7-6-,8-5-;. The van der Waals surface area contributed by atoms with E-state index < -0.39 is 0 Å². The summed E-state index contributed by atoms with van der Waals surface area (Å²) in [5, 5.41) is 10.2. The van der Waals surface area contributed by atoms with Crippen molar-refractivity contribution in [3.05, 3.63) is 243 Å². The average molecular weight is 867 g/mol. The van der Waals surface area contributed by atoms with E-state index in [4.69, 9.17) is 0 Å². The maximum Gasteiger partial charge on any atom is 0.0726 e. The molecule has 0 aliphatic heterocycles. The average Bonchev–Trinajstić information content (AvgIpc) is 4.04. The summed E-state index contributed by atoms with van der Waals surface area (Å²) in [6.07, 6.45) is 9.52. The van der Waals surface area contributed by atoms with Crippen molar-refractivity contribution in [2.45, 2.75) is 20.8 Å². The van der Waals surface area contributed by atoms with Crippen LogP contribution in [0.2, 0.25) is 0 Å². The predicted molar refractivity (Wildman–Crippen MR) is 291 cm³/mol. The Kier molecular flexibility index (Phi) is 11.6. The first kappa shape index (κ1) is 42.0. The monoisotopic (exact) mass is 866 g/mol. The molecule has 66 heavy (non-hydrogen) atoms. The maximum atomic E-state index is 3.55. The molecule has 3 heterocycles. The number of nitrogens with zero attached hydrogens (tertiary/aromatic N) is 2. The van der Waals surface area contributed by atoms with Crippen molar-refractivity contribution in [1.82, 2.24) is 9.13 Å². The minimum atomic E-state index is 1.16. The fourth-order valence-corrected chi connectivity index (χ4v) is 10.5. The third-order valence-corrected chi connectivity index (χ3v) is 13.6. The largest absolute Gasteiger partial charge is 0.309 e. The predicted octanol–water partition coefficient (Wildman–Crippen LogP) is 18.6. The molecule has 2 nitrogen and oxygen atoms in total. The molecule has 0 N–H and O–H groups in total. The van der Waals surface area contributed by atoms with Gasteiger partial charge in [0.25, 0.3) is 0 Å². The summed E-state index contributed by atoms with van der Waals surface area (Å²) >= 11 is 1.90. The van der Waals surface area contributed by atoms with E-state index in [1.807, 2.05) is 37.3 Å². The van der Waals surface area contributed by atoms with Crippen molar-refractivity contribution in [1.29, 1.82) is 0 Å². The Morgan fingerprint density at radius 3 is 1.82 bits per heavy atom. The Hall–Kier alpha value is -7.98. The molecule has 0 fully saturated rings. The zero-order chi connectivity index (χ0) is 45.1. The van der Waals surface area contributed by atoms with Crippen molar-refractivity contribution in [2.24, 2.45) is 0 Å². The molecule has 0 saturated carbocycles. The number of thiophene rings is 1. The van der Waals surface area contributed by atoms with Crippen LogP contribution in [0.1, 0.15) is 20.8 Å². The molecule has 9 aromatic carbocycles. The van der Waals surface area contributed by atoms with Gasteiger partial charge in [-0.2, -0.15) is 0 Å². The Balaban J connectivity index is 0.000000419. The van der Waals surface area contributed by atoms with Crippen LogP contribution in [0.3, 0.4) is 0 Å². The molecule has 0 amide bonds. The van der Waals surface area contributed by atoms with Crippen molar-refractivity contribution < 1.29 is 0 Å². The van der Waals surface area contributed by atoms with Gasteiger partial charge in [0.15, 0.2) is 0 Å². The summed E-state index contributed by atoms with van der Waals surface area (Å²) in [7, 11) is 0. The Bertz CT molecular complexity index is 3810. The molecule has 0 aliphatic carbocycles. The first-order valence-electron chi connectivity index (χ1n) is 22.6. The second-order valence-electron chi connectivity index (χ2n) is 16.5. The van der Waals surface area contributed by atoms with Crippen LogP contribution in [-0.4, -0.2) is 9.13 Å². The van der Waals surface area contributed by atoms with Crippen LogP contribution < -0.4 is 0 Å². The minimum Gasteiger partial charge on any atom is -0.309 e. The lowest BCUT2D eigenvalue weighted by Crippen LogP contribution is -1.94. The van der Waals surface area contributed by atoms with Gasteiger partial charge in [-0.05, 0) is 114 Å². The normalized spacial score (nSPS) is 11.7. The summed E-state index contributed by atoms with van der Waals surface area (Å²) in [4.78, 5) is 0. The number of rotatable bonds is 6. The molecular formula is C63H50N2S. The van der Waals surface area contributed by atoms with Crippen molar-refractivity contribution >= 4 is 85.9 Å². The van der Waals surface area contributed by atoms with Crippen molar-refractivity contribution in [3.8, 4) is 33.6 Å². The number of aromatic nitrogens is 2. The van der Waals surface area contributed by atoms with Crippen LogP contribution in [-0.2, 0) is 0 Å². The molecule has 318 valence electrons. The second kappa shape index (κ2) is 18.3. The Morgan fingerprint density at radius 2 is 1.08 bits per heavy atom. The van der Waals surface area contributed by atoms with Gasteiger partial charge in [0, 0.05) is 48.4 Å². The SMILES string of the molecule is C=C/C=C\C(C)=C/C.C=CC.c1ccc(-c2ccc(-n3c4ccccc4c4c(-c5ccc6c(c5)c5ccccc5n6-c5ccc6ccccc6c5)cc5c6ccccc6sc5c43)cc2)cc1. The summed E-state index contributed by atoms with van der Waals surface area (Å²) < 4.78 is 7.56. The van der Waals surface area contributed by atoms with Crippen LogP contribution in [0.15, 0.2) is 243 Å². The van der Waals surface area contributed by atoms with Crippen molar-refractivity contribution in [3.63, 3.8) is 0 Å². The van der Waals surface area contributed by atoms with E-state index in [-0.39, 0.29) is 0 Å². The van der Waals surface area contributed by atoms with Gasteiger partial charge in [0.2, 0.25) is 0 Å². The van der Waals surface area contributed by atoms with Gasteiger partial charge in [0.1, 0.15) is 0 Å². The smallest absolute Gasteiger partial charge is 0.0726 e. The Labute approximate surface area is 390 Å². The van der Waals surface area contributed by atoms with Gasteiger partial charge in [-0.25, -0.2) is 0 Å². The number of para-hydroxylation sites is 2. The molecular weight excluding hydrogens is 817 g/mol. The number of benzene rings is 9. The van der Waals surface area contributed by atoms with E-state index in [1.165, 1.54) is 108 Å². The molecule has 0 unspecified atom stereocenters. The lowest BCUT2D eigenvalue weighted by Gasteiger charge is -2.12. The molecule has 12 rings (SSSR count). The molecule has 0 aliphatic rings. The molecule has 0 spiro atoms. The molecule has 12 aromatic rings. The minimum absolute atomic E-state index is 1.16. The molecule has 3 heteroatoms. The molecule has 3 aromatic heterocycles. The van der Waals surface area contributed by atoms with Crippen LogP contribution in [0.4, 0.5) is 0 Å². The van der Waals surface area contributed by atoms with Crippen LogP contribution >= 0.6 is 11.3 Å². The fourth-order valence-electron chi connectivity index (χ4n) is 9.31. The van der Waals surface area contributed by atoms with E-state index in [9.17, 15) is 0 Å². The third-order valence-electron chi connectivity index (χ3n) is 12.4. The molecule has 0 radical (unpaired) electrons. The van der Waals surface area contributed by atoms with Crippen LogP contribution in [0, 0.1) is 0 Å². The highest BCUT2D eigenvalue weighted by Gasteiger charge is 2.23. The fraction of sp³-hybridized carbons (Fsp3) is 0.0476. The van der Waals surface area contributed by atoms with E-state index in [2.05, 4.69) is 229 Å². The van der Waals surface area contributed by atoms with Gasteiger partial charge in [0.05, 0.1) is 26.8 Å². The highest BCUT2D eigenvalue weighted by atomic mass is 32.1. The summed E-state index contributed by atoms with van der Waals surface area (Å²) in [6, 6.07) is 71.4. The molecule has 0 saturated heterocycles. The topological polar surface area (TPSA) is 9.86 Å². The summed E-state index contributed by atoms with van der Waals surface area (Å²) in [5.74, 6) is 0. The number of fused-ring (bicyclic) bond motifs is 11. The van der Waals surface area contributed by atoms with E-state index in [0.29, 0.717) is 0 Å². The first-order chi connectivity index (χ1) is 32.5. The van der Waals surface area contributed by atoms with Gasteiger partial charge >= 0.3 is 0 Å². The quantitative estimate of drug-likeness (QED) is 0.116. The van der Waals surface area contributed by atoms with Gasteiger partial charge in [-0.3, -0.25) is 0 Å². The van der Waals surface area contributed by atoms with E-state index in [1.54, 1.807) is 12.2 Å². The summed E-state index contributed by atoms with van der Waals surface area (Å²) in [5.41, 5.74) is 13.4. The number of hydrogen-bond donors (Lipinski definition) is 0. The zero-order valence-electron chi connectivity index (χ0n) is 37.6. The van der Waals surface area contributed by atoms with E-state index >= 15 is 0 Å². The molecule has 0 bridgehead atoms. The molecule has 0 atom stereocenters. The highest BCUT2D eigenvalue weighted by Crippen LogP contribution is 2.48. The van der Waals surface area contributed by atoms with Gasteiger partial charge in [-0.1, -0.05) is 176 Å². The third kappa shape index (κ3) is 7.54. The van der Waals surface area contributed by atoms with E-state index in [0.717, 1.165) is 5.69 Å². The van der Waals surface area contributed by atoms with Crippen LogP contribution in [0.25, 0.3) is 108 Å².